The lowest BCUT2D eigenvalue weighted by Gasteiger charge is -2.16. The maximum Gasteiger partial charge on any atom is 0.573 e. The van der Waals surface area contributed by atoms with E-state index in [1.165, 1.54) is 18.2 Å². The first-order valence-corrected chi connectivity index (χ1v) is 12.7. The highest BCUT2D eigenvalue weighted by atomic mass is 35.5. The van der Waals surface area contributed by atoms with Gasteiger partial charge in [0, 0.05) is 34.3 Å². The van der Waals surface area contributed by atoms with E-state index < -0.39 is 12.5 Å². The number of hydrogen-bond donors (Lipinski definition) is 1. The number of fused-ring (bicyclic) bond motifs is 1. The average Bonchev–Trinajstić information content (AvgIpc) is 3.54. The number of benzene rings is 3. The van der Waals surface area contributed by atoms with Crippen LogP contribution in [0.1, 0.15) is 52.5 Å². The van der Waals surface area contributed by atoms with Crippen molar-refractivity contribution in [1.82, 2.24) is 25.2 Å². The molecule has 206 valence electrons. The summed E-state index contributed by atoms with van der Waals surface area (Å²) in [6, 6.07) is 17.7. The van der Waals surface area contributed by atoms with Crippen LogP contribution in [0.5, 0.6) is 11.5 Å². The predicted molar refractivity (Wildman–Crippen MR) is 142 cm³/mol. The van der Waals surface area contributed by atoms with Gasteiger partial charge < -0.3 is 14.0 Å². The summed E-state index contributed by atoms with van der Waals surface area (Å²) in [5, 5.41) is 15.0. The maximum absolute atomic E-state index is 13.6. The molecule has 0 radical (unpaired) electrons. The van der Waals surface area contributed by atoms with Crippen molar-refractivity contribution in [3.05, 3.63) is 100.0 Å². The van der Waals surface area contributed by atoms with Gasteiger partial charge in [-0.25, -0.2) is 0 Å². The summed E-state index contributed by atoms with van der Waals surface area (Å²) in [4.78, 5) is 13.6. The monoisotopic (exact) mass is 569 g/mol. The molecular formula is C28H23ClF3N5O3. The number of nitrogens with zero attached hydrogens (tertiary/aromatic N) is 4. The Hall–Kier alpha value is -4.38. The van der Waals surface area contributed by atoms with Crippen molar-refractivity contribution in [2.75, 3.05) is 0 Å². The normalized spacial score (nSPS) is 12.4. The molecular weight excluding hydrogens is 547 g/mol. The van der Waals surface area contributed by atoms with E-state index in [4.69, 9.17) is 16.3 Å². The molecule has 0 aliphatic rings. The van der Waals surface area contributed by atoms with Crippen molar-refractivity contribution in [1.29, 1.82) is 0 Å². The Labute approximate surface area is 231 Å². The van der Waals surface area contributed by atoms with Gasteiger partial charge in [-0.2, -0.15) is 5.21 Å². The molecule has 2 aromatic heterocycles. The van der Waals surface area contributed by atoms with Gasteiger partial charge in [0.15, 0.2) is 11.9 Å². The molecule has 12 heteroatoms. The second kappa shape index (κ2) is 11.0. The highest BCUT2D eigenvalue weighted by Gasteiger charge is 2.32. The number of aromatic nitrogens is 5. The van der Waals surface area contributed by atoms with Gasteiger partial charge in [-0.15, -0.1) is 23.4 Å². The van der Waals surface area contributed by atoms with Crippen molar-refractivity contribution >= 4 is 28.3 Å². The molecule has 0 aliphatic heterocycles. The quantitative estimate of drug-likeness (QED) is 0.196. The van der Waals surface area contributed by atoms with Crippen LogP contribution in [0.15, 0.2) is 66.7 Å². The first-order chi connectivity index (χ1) is 19.1. The number of ketones is 1. The molecule has 1 atom stereocenters. The Bertz CT molecular complexity index is 1650. The first-order valence-electron chi connectivity index (χ1n) is 12.3. The number of aromatic amines is 1. The molecule has 8 nitrogen and oxygen atoms in total. The van der Waals surface area contributed by atoms with Crippen LogP contribution in [-0.4, -0.2) is 37.3 Å². The Kier molecular flexibility index (Phi) is 7.49. The van der Waals surface area contributed by atoms with Crippen molar-refractivity contribution in [2.45, 2.75) is 39.3 Å². The molecule has 0 fully saturated rings. The van der Waals surface area contributed by atoms with E-state index >= 15 is 0 Å². The number of rotatable bonds is 9. The smallest absolute Gasteiger partial charge is 0.482 e. The fourth-order valence-electron chi connectivity index (χ4n) is 4.58. The molecule has 1 N–H and O–H groups in total. The lowest BCUT2D eigenvalue weighted by atomic mass is 10.0. The van der Waals surface area contributed by atoms with Crippen LogP contribution < -0.4 is 9.47 Å². The highest BCUT2D eigenvalue weighted by Crippen LogP contribution is 2.34. The van der Waals surface area contributed by atoms with E-state index in [-0.39, 0.29) is 18.1 Å². The highest BCUT2D eigenvalue weighted by molar-refractivity contribution is 6.30. The van der Waals surface area contributed by atoms with Gasteiger partial charge in [0.25, 0.3) is 0 Å². The van der Waals surface area contributed by atoms with Gasteiger partial charge in [0.05, 0.1) is 11.1 Å². The minimum absolute atomic E-state index is 0.252. The van der Waals surface area contributed by atoms with Crippen LogP contribution in [0.25, 0.3) is 10.9 Å². The van der Waals surface area contributed by atoms with E-state index in [0.717, 1.165) is 5.56 Å². The zero-order chi connectivity index (χ0) is 28.4. The number of nitrogens with one attached hydrogen (secondary N) is 1. The molecule has 3 aromatic carbocycles. The summed E-state index contributed by atoms with van der Waals surface area (Å²) in [5.74, 6) is 0.321. The molecule has 0 amide bonds. The van der Waals surface area contributed by atoms with Crippen molar-refractivity contribution in [2.24, 2.45) is 0 Å². The third-order valence-corrected chi connectivity index (χ3v) is 6.65. The topological polar surface area (TPSA) is 94.9 Å². The number of carbonyl (C=O) groups is 1. The summed E-state index contributed by atoms with van der Waals surface area (Å²) in [6.45, 7) is 3.94. The molecule has 5 aromatic rings. The Morgan fingerprint density at radius 2 is 1.85 bits per heavy atom. The van der Waals surface area contributed by atoms with E-state index in [0.29, 0.717) is 50.7 Å². The number of alkyl halides is 3. The summed E-state index contributed by atoms with van der Waals surface area (Å²) in [7, 11) is 0. The minimum Gasteiger partial charge on any atom is -0.482 e. The Morgan fingerprint density at radius 3 is 2.52 bits per heavy atom. The third kappa shape index (κ3) is 5.79. The molecule has 40 heavy (non-hydrogen) atoms. The van der Waals surface area contributed by atoms with Gasteiger partial charge in [-0.05, 0) is 67.4 Å². The molecule has 2 heterocycles. The zero-order valence-electron chi connectivity index (χ0n) is 21.4. The molecule has 0 bridgehead atoms. The zero-order valence-corrected chi connectivity index (χ0v) is 22.1. The largest absolute Gasteiger partial charge is 0.573 e. The SMILES string of the molecule is CCC(Oc1cccc(Cn2c(C)c(C(=O)c3ccc(Cl)cc3)c3ccc(OC(F)(F)F)cc32)c1)c1nn[nH]n1. The van der Waals surface area contributed by atoms with Crippen LogP contribution in [0.3, 0.4) is 0 Å². The predicted octanol–water partition coefficient (Wildman–Crippen LogP) is 6.82. The summed E-state index contributed by atoms with van der Waals surface area (Å²) in [6.07, 6.45) is -4.68. The molecule has 0 spiro atoms. The molecule has 0 saturated carbocycles. The van der Waals surface area contributed by atoms with E-state index in [1.54, 1.807) is 41.8 Å². The number of carbonyl (C=O) groups excluding carboxylic acids is 1. The van der Waals surface area contributed by atoms with Gasteiger partial charge in [0.1, 0.15) is 11.5 Å². The summed E-state index contributed by atoms with van der Waals surface area (Å²) >= 11 is 5.99. The molecule has 0 aliphatic carbocycles. The number of ether oxygens (including phenoxy) is 2. The maximum atomic E-state index is 13.6. The van der Waals surface area contributed by atoms with E-state index in [1.807, 2.05) is 25.1 Å². The Balaban J connectivity index is 1.55. The van der Waals surface area contributed by atoms with Gasteiger partial charge >= 0.3 is 6.36 Å². The third-order valence-electron chi connectivity index (χ3n) is 6.40. The van der Waals surface area contributed by atoms with Gasteiger partial charge in [0.2, 0.25) is 5.82 Å². The van der Waals surface area contributed by atoms with Crippen LogP contribution in [0, 0.1) is 6.92 Å². The van der Waals surface area contributed by atoms with Crippen molar-refractivity contribution < 1.29 is 27.4 Å². The van der Waals surface area contributed by atoms with E-state index in [2.05, 4.69) is 25.4 Å². The lowest BCUT2D eigenvalue weighted by Crippen LogP contribution is -2.17. The summed E-state index contributed by atoms with van der Waals surface area (Å²) in [5.41, 5.74) is 2.59. The fraction of sp³-hybridized carbons (Fsp3) is 0.214. The minimum atomic E-state index is -4.86. The van der Waals surface area contributed by atoms with Crippen LogP contribution in [0.2, 0.25) is 5.02 Å². The fourth-order valence-corrected chi connectivity index (χ4v) is 4.70. The molecule has 5 rings (SSSR count). The first kappa shape index (κ1) is 27.2. The average molecular weight is 570 g/mol. The number of halogens is 4. The van der Waals surface area contributed by atoms with Crippen molar-refractivity contribution in [3.63, 3.8) is 0 Å². The van der Waals surface area contributed by atoms with Crippen LogP contribution in [0.4, 0.5) is 13.2 Å². The Morgan fingerprint density at radius 1 is 1.07 bits per heavy atom. The second-order valence-electron chi connectivity index (χ2n) is 9.04. The van der Waals surface area contributed by atoms with Crippen LogP contribution in [-0.2, 0) is 6.54 Å². The number of H-pyrrole nitrogens is 1. The number of hydrogen-bond acceptors (Lipinski definition) is 6. The summed E-state index contributed by atoms with van der Waals surface area (Å²) < 4.78 is 51.1. The van der Waals surface area contributed by atoms with Crippen molar-refractivity contribution in [3.8, 4) is 11.5 Å². The second-order valence-corrected chi connectivity index (χ2v) is 9.48. The van der Waals surface area contributed by atoms with Crippen LogP contribution >= 0.6 is 11.6 Å². The van der Waals surface area contributed by atoms with Gasteiger partial charge in [-0.3, -0.25) is 4.79 Å². The van der Waals surface area contributed by atoms with E-state index in [9.17, 15) is 18.0 Å². The standard InChI is InChI=1S/C28H23ClF3N5O3/c1-3-24(27-33-35-36-34-27)39-20-6-4-5-17(13-20)15-37-16(2)25(26(38)18-7-9-19(29)10-8-18)22-12-11-21(14-23(22)37)40-28(30,31)32/h4-14,24H,3,15H2,1-2H3,(H,33,34,35,36). The molecule has 1 unspecified atom stereocenters. The number of tetrazole rings is 1. The van der Waals surface area contributed by atoms with Gasteiger partial charge in [-0.1, -0.05) is 35.9 Å². The molecule has 0 saturated heterocycles. The lowest BCUT2D eigenvalue weighted by molar-refractivity contribution is -0.274.